The fourth-order valence-corrected chi connectivity index (χ4v) is 3.41. The largest absolute Gasteiger partial charge is 0.497 e. The van der Waals surface area contributed by atoms with Crippen LogP contribution in [0.3, 0.4) is 0 Å². The Hall–Kier alpha value is -2.53. The summed E-state index contributed by atoms with van der Waals surface area (Å²) in [5.74, 6) is 0.436. The monoisotopic (exact) mass is 430 g/mol. The summed E-state index contributed by atoms with van der Waals surface area (Å²) in [6.07, 6.45) is 0.640. The first kappa shape index (κ1) is 23.7. The molecule has 0 aliphatic heterocycles. The molecule has 0 aromatic heterocycles. The number of hydrogen-bond donors (Lipinski definition) is 1. The lowest BCUT2D eigenvalue weighted by molar-refractivity contribution is -0.141. The van der Waals surface area contributed by atoms with Gasteiger partial charge in [-0.3, -0.25) is 9.59 Å². The van der Waals surface area contributed by atoms with Crippen molar-refractivity contribution in [1.29, 1.82) is 0 Å². The van der Waals surface area contributed by atoms with Gasteiger partial charge in [0.15, 0.2) is 0 Å². The zero-order chi connectivity index (χ0) is 22.3. The Morgan fingerprint density at radius 3 is 2.27 bits per heavy atom. The van der Waals surface area contributed by atoms with E-state index in [1.807, 2.05) is 70.2 Å². The second-order valence-electron chi connectivity index (χ2n) is 8.30. The second kappa shape index (κ2) is 10.5. The molecule has 0 aliphatic carbocycles. The molecule has 2 aromatic rings. The van der Waals surface area contributed by atoms with Gasteiger partial charge >= 0.3 is 0 Å². The predicted molar refractivity (Wildman–Crippen MR) is 121 cm³/mol. The lowest BCUT2D eigenvalue weighted by Crippen LogP contribution is -2.53. The van der Waals surface area contributed by atoms with Crippen LogP contribution in [0.5, 0.6) is 5.75 Å². The van der Waals surface area contributed by atoms with Crippen LogP contribution in [-0.2, 0) is 22.6 Å². The van der Waals surface area contributed by atoms with Gasteiger partial charge in [-0.1, -0.05) is 48.9 Å². The summed E-state index contributed by atoms with van der Waals surface area (Å²) in [5.41, 5.74) is 1.28. The fourth-order valence-electron chi connectivity index (χ4n) is 3.21. The molecule has 0 heterocycles. The van der Waals surface area contributed by atoms with Crippen molar-refractivity contribution >= 4 is 23.4 Å². The Labute approximate surface area is 184 Å². The molecule has 0 aliphatic rings. The standard InChI is InChI=1S/C24H31ClN2O3/c1-6-21(23(29)26-24(2,3)4)27(16-17-11-13-19(30-5)14-12-17)22(28)15-18-9-7-8-10-20(18)25/h7-14,21H,6,15-16H2,1-5H3,(H,26,29)/t21-/m1/s1. The van der Waals surface area contributed by atoms with E-state index in [-0.39, 0.29) is 23.8 Å². The zero-order valence-corrected chi connectivity index (χ0v) is 19.1. The number of carbonyl (C=O) groups is 2. The predicted octanol–water partition coefficient (Wildman–Crippen LogP) is 4.61. The van der Waals surface area contributed by atoms with Gasteiger partial charge in [-0.2, -0.15) is 0 Å². The lowest BCUT2D eigenvalue weighted by atomic mass is 10.0. The number of nitrogens with one attached hydrogen (secondary N) is 1. The summed E-state index contributed by atoms with van der Waals surface area (Å²) < 4.78 is 5.22. The quantitative estimate of drug-likeness (QED) is 0.665. The molecule has 30 heavy (non-hydrogen) atoms. The van der Waals surface area contributed by atoms with E-state index >= 15 is 0 Å². The van der Waals surface area contributed by atoms with Crippen LogP contribution in [0.25, 0.3) is 0 Å². The molecule has 5 nitrogen and oxygen atoms in total. The van der Waals surface area contributed by atoms with Crippen LogP contribution in [0.15, 0.2) is 48.5 Å². The van der Waals surface area contributed by atoms with E-state index in [2.05, 4.69) is 5.32 Å². The second-order valence-corrected chi connectivity index (χ2v) is 8.71. The summed E-state index contributed by atoms with van der Waals surface area (Å²) in [6, 6.07) is 14.2. The Kier molecular flexibility index (Phi) is 8.30. The van der Waals surface area contributed by atoms with Crippen molar-refractivity contribution in [2.24, 2.45) is 0 Å². The van der Waals surface area contributed by atoms with E-state index in [0.717, 1.165) is 16.9 Å². The Morgan fingerprint density at radius 1 is 1.10 bits per heavy atom. The van der Waals surface area contributed by atoms with Gasteiger partial charge in [0.1, 0.15) is 11.8 Å². The van der Waals surface area contributed by atoms with Gasteiger partial charge in [-0.05, 0) is 56.5 Å². The molecule has 6 heteroatoms. The maximum absolute atomic E-state index is 13.3. The van der Waals surface area contributed by atoms with Crippen LogP contribution in [0.2, 0.25) is 5.02 Å². The van der Waals surface area contributed by atoms with E-state index < -0.39 is 6.04 Å². The van der Waals surface area contributed by atoms with Gasteiger partial charge < -0.3 is 15.0 Å². The molecular weight excluding hydrogens is 400 g/mol. The number of amides is 2. The minimum atomic E-state index is -0.582. The highest BCUT2D eigenvalue weighted by Gasteiger charge is 2.30. The first-order chi connectivity index (χ1) is 14.1. The number of ether oxygens (including phenoxy) is 1. The molecule has 1 N–H and O–H groups in total. The normalized spacial score (nSPS) is 12.2. The van der Waals surface area contributed by atoms with Crippen molar-refractivity contribution < 1.29 is 14.3 Å². The van der Waals surface area contributed by atoms with Gasteiger partial charge in [0.05, 0.1) is 13.5 Å². The summed E-state index contributed by atoms with van der Waals surface area (Å²) in [7, 11) is 1.61. The minimum Gasteiger partial charge on any atom is -0.497 e. The molecule has 0 saturated heterocycles. The van der Waals surface area contributed by atoms with Crippen molar-refractivity contribution in [2.45, 2.75) is 58.7 Å². The van der Waals surface area contributed by atoms with Crippen LogP contribution in [0.1, 0.15) is 45.2 Å². The molecule has 0 bridgehead atoms. The van der Waals surface area contributed by atoms with E-state index in [1.165, 1.54) is 0 Å². The first-order valence-electron chi connectivity index (χ1n) is 10.1. The number of carbonyl (C=O) groups excluding carboxylic acids is 2. The third-order valence-corrected chi connectivity index (χ3v) is 5.06. The van der Waals surface area contributed by atoms with Crippen LogP contribution >= 0.6 is 11.6 Å². The molecule has 2 aromatic carbocycles. The molecule has 2 rings (SSSR count). The first-order valence-corrected chi connectivity index (χ1v) is 10.5. The number of hydrogen-bond acceptors (Lipinski definition) is 3. The van der Waals surface area contributed by atoms with Crippen molar-refractivity contribution in [2.75, 3.05) is 7.11 Å². The van der Waals surface area contributed by atoms with Crippen molar-refractivity contribution in [3.63, 3.8) is 0 Å². The fraction of sp³-hybridized carbons (Fsp3) is 0.417. The summed E-state index contributed by atoms with van der Waals surface area (Å²) in [4.78, 5) is 28.0. The minimum absolute atomic E-state index is 0.134. The van der Waals surface area contributed by atoms with Crippen molar-refractivity contribution in [3.05, 3.63) is 64.7 Å². The highest BCUT2D eigenvalue weighted by atomic mass is 35.5. The summed E-state index contributed by atoms with van der Waals surface area (Å²) >= 11 is 6.27. The van der Waals surface area contributed by atoms with Gasteiger partial charge in [0.25, 0.3) is 0 Å². The van der Waals surface area contributed by atoms with Gasteiger partial charge in [-0.25, -0.2) is 0 Å². The third kappa shape index (κ3) is 6.77. The van der Waals surface area contributed by atoms with E-state index in [1.54, 1.807) is 18.1 Å². The number of methoxy groups -OCH3 is 1. The molecule has 0 spiro atoms. The lowest BCUT2D eigenvalue weighted by Gasteiger charge is -2.33. The topological polar surface area (TPSA) is 58.6 Å². The summed E-state index contributed by atoms with van der Waals surface area (Å²) in [5, 5.41) is 3.55. The van der Waals surface area contributed by atoms with Crippen molar-refractivity contribution in [1.82, 2.24) is 10.2 Å². The SMILES string of the molecule is CC[C@H](C(=O)NC(C)(C)C)N(Cc1ccc(OC)cc1)C(=O)Cc1ccccc1Cl. The van der Waals surface area contributed by atoms with Gasteiger partial charge in [0, 0.05) is 17.1 Å². The smallest absolute Gasteiger partial charge is 0.243 e. The molecule has 2 amide bonds. The maximum Gasteiger partial charge on any atom is 0.243 e. The molecule has 0 fully saturated rings. The Morgan fingerprint density at radius 2 is 1.73 bits per heavy atom. The number of benzene rings is 2. The number of halogens is 1. The number of nitrogens with zero attached hydrogens (tertiary/aromatic N) is 1. The van der Waals surface area contributed by atoms with E-state index in [4.69, 9.17) is 16.3 Å². The van der Waals surface area contributed by atoms with E-state index in [9.17, 15) is 9.59 Å². The molecule has 0 saturated carbocycles. The van der Waals surface area contributed by atoms with Crippen LogP contribution in [-0.4, -0.2) is 35.4 Å². The zero-order valence-electron chi connectivity index (χ0n) is 18.4. The number of rotatable bonds is 8. The van der Waals surface area contributed by atoms with Crippen LogP contribution in [0.4, 0.5) is 0 Å². The summed E-state index contributed by atoms with van der Waals surface area (Å²) in [6.45, 7) is 8.02. The maximum atomic E-state index is 13.3. The highest BCUT2D eigenvalue weighted by Crippen LogP contribution is 2.20. The Bertz CT molecular complexity index is 859. The third-order valence-electron chi connectivity index (χ3n) is 4.70. The molecular formula is C24H31ClN2O3. The average Bonchev–Trinajstić information content (AvgIpc) is 2.68. The molecule has 0 unspecified atom stereocenters. The molecule has 1 atom stereocenters. The highest BCUT2D eigenvalue weighted by molar-refractivity contribution is 6.31. The molecule has 0 radical (unpaired) electrons. The van der Waals surface area contributed by atoms with Crippen LogP contribution < -0.4 is 10.1 Å². The van der Waals surface area contributed by atoms with Gasteiger partial charge in [-0.15, -0.1) is 0 Å². The molecule has 162 valence electrons. The van der Waals surface area contributed by atoms with Crippen LogP contribution in [0, 0.1) is 0 Å². The Balaban J connectivity index is 2.32. The van der Waals surface area contributed by atoms with Crippen molar-refractivity contribution in [3.8, 4) is 5.75 Å². The van der Waals surface area contributed by atoms with Gasteiger partial charge in [0.2, 0.25) is 11.8 Å². The van der Waals surface area contributed by atoms with E-state index in [0.29, 0.717) is 18.0 Å². The average molecular weight is 431 g/mol.